The maximum Gasteiger partial charge on any atom is 0.312 e. The summed E-state index contributed by atoms with van der Waals surface area (Å²) in [4.78, 5) is 12.7. The Hall–Kier alpha value is -0.530. The highest BCUT2D eigenvalue weighted by Crippen LogP contribution is 2.70. The molecule has 3 aliphatic carbocycles. The summed E-state index contributed by atoms with van der Waals surface area (Å²) in [5.74, 6) is 3.04. The van der Waals surface area contributed by atoms with Crippen molar-refractivity contribution in [1.82, 2.24) is 0 Å². The molecule has 6 atom stereocenters. The second-order valence-corrected chi connectivity index (χ2v) is 9.57. The first kappa shape index (κ1) is 15.0. The maximum atomic E-state index is 12.7. The average molecular weight is 304 g/mol. The summed E-state index contributed by atoms with van der Waals surface area (Å²) in [5.41, 5.74) is -0.0712. The lowest BCUT2D eigenvalue weighted by Crippen LogP contribution is -2.62. The van der Waals surface area contributed by atoms with E-state index in [0.717, 1.165) is 30.6 Å². The lowest BCUT2D eigenvalue weighted by Gasteiger charge is -2.61. The third-order valence-corrected chi connectivity index (χ3v) is 8.55. The SMILES string of the molecule is CC(C)C1CCC2(C)C(CCC3C4(C)CCCC32OC4=O)C1. The Labute approximate surface area is 135 Å². The molecule has 0 amide bonds. The summed E-state index contributed by atoms with van der Waals surface area (Å²) >= 11 is 0. The Balaban J connectivity index is 1.72. The van der Waals surface area contributed by atoms with Crippen LogP contribution in [0.1, 0.15) is 79.1 Å². The van der Waals surface area contributed by atoms with E-state index < -0.39 is 0 Å². The second kappa shape index (κ2) is 4.51. The first-order valence-electron chi connectivity index (χ1n) is 9.57. The number of esters is 1. The molecular formula is C20H32O2. The Bertz CT molecular complexity index is 498. The van der Waals surface area contributed by atoms with E-state index in [1.165, 1.54) is 38.5 Å². The van der Waals surface area contributed by atoms with Crippen LogP contribution in [0.3, 0.4) is 0 Å². The van der Waals surface area contributed by atoms with Gasteiger partial charge in [-0.1, -0.05) is 20.8 Å². The molecule has 1 aliphatic heterocycles. The molecule has 1 heterocycles. The fraction of sp³-hybridized carbons (Fsp3) is 0.950. The molecule has 4 aliphatic rings. The van der Waals surface area contributed by atoms with Crippen molar-refractivity contribution in [2.45, 2.75) is 84.7 Å². The van der Waals surface area contributed by atoms with Crippen molar-refractivity contribution in [3.05, 3.63) is 0 Å². The predicted molar refractivity (Wildman–Crippen MR) is 87.3 cm³/mol. The van der Waals surface area contributed by atoms with Gasteiger partial charge < -0.3 is 4.74 Å². The normalized spacial score (nSPS) is 53.9. The molecule has 6 unspecified atom stereocenters. The van der Waals surface area contributed by atoms with Crippen molar-refractivity contribution in [3.63, 3.8) is 0 Å². The second-order valence-electron chi connectivity index (χ2n) is 9.57. The van der Waals surface area contributed by atoms with Crippen molar-refractivity contribution in [1.29, 1.82) is 0 Å². The van der Waals surface area contributed by atoms with E-state index in [1.807, 2.05) is 0 Å². The van der Waals surface area contributed by atoms with E-state index >= 15 is 0 Å². The van der Waals surface area contributed by atoms with Crippen molar-refractivity contribution >= 4 is 5.97 Å². The van der Waals surface area contributed by atoms with Crippen LogP contribution in [0.15, 0.2) is 0 Å². The molecule has 3 saturated carbocycles. The van der Waals surface area contributed by atoms with Gasteiger partial charge in [-0.25, -0.2) is 0 Å². The molecule has 2 heteroatoms. The summed E-state index contributed by atoms with van der Waals surface area (Å²) in [6, 6.07) is 0. The summed E-state index contributed by atoms with van der Waals surface area (Å²) in [6.45, 7) is 9.43. The Morgan fingerprint density at radius 3 is 2.59 bits per heavy atom. The van der Waals surface area contributed by atoms with Gasteiger partial charge in [-0.3, -0.25) is 4.79 Å². The van der Waals surface area contributed by atoms with Gasteiger partial charge in [-0.15, -0.1) is 0 Å². The molecule has 0 aromatic carbocycles. The molecule has 0 N–H and O–H groups in total. The Kier molecular flexibility index (Phi) is 3.08. The van der Waals surface area contributed by atoms with Gasteiger partial charge >= 0.3 is 5.97 Å². The molecule has 124 valence electrons. The van der Waals surface area contributed by atoms with Crippen LogP contribution >= 0.6 is 0 Å². The zero-order valence-electron chi connectivity index (χ0n) is 14.8. The monoisotopic (exact) mass is 304 g/mol. The topological polar surface area (TPSA) is 26.3 Å². The fourth-order valence-corrected chi connectivity index (χ4v) is 6.98. The zero-order chi connectivity index (χ0) is 15.8. The third kappa shape index (κ3) is 1.60. The van der Waals surface area contributed by atoms with Crippen molar-refractivity contribution < 1.29 is 9.53 Å². The van der Waals surface area contributed by atoms with Crippen molar-refractivity contribution in [2.24, 2.45) is 34.5 Å². The van der Waals surface area contributed by atoms with Crippen LogP contribution in [0.5, 0.6) is 0 Å². The molecule has 2 bridgehead atoms. The van der Waals surface area contributed by atoms with Crippen LogP contribution in [0.2, 0.25) is 0 Å². The molecule has 0 aromatic heterocycles. The molecule has 0 aromatic rings. The van der Waals surface area contributed by atoms with Gasteiger partial charge in [0.15, 0.2) is 0 Å². The number of carbonyl (C=O) groups is 1. The minimum Gasteiger partial charge on any atom is -0.458 e. The largest absolute Gasteiger partial charge is 0.458 e. The van der Waals surface area contributed by atoms with E-state index in [1.54, 1.807) is 0 Å². The highest BCUT2D eigenvalue weighted by atomic mass is 16.6. The van der Waals surface area contributed by atoms with Crippen LogP contribution in [0, 0.1) is 34.5 Å². The lowest BCUT2D eigenvalue weighted by molar-refractivity contribution is -0.201. The summed E-state index contributed by atoms with van der Waals surface area (Å²) < 4.78 is 6.31. The number of hydrogen-bond acceptors (Lipinski definition) is 2. The van der Waals surface area contributed by atoms with Crippen LogP contribution in [-0.4, -0.2) is 11.6 Å². The number of carbonyl (C=O) groups excluding carboxylic acids is 1. The molecule has 4 fully saturated rings. The van der Waals surface area contributed by atoms with Crippen LogP contribution in [0.4, 0.5) is 0 Å². The standard InChI is InChI=1S/C20H32O2/c1-13(2)14-8-11-19(4)15(12-14)6-7-16-18(3)9-5-10-20(16,19)22-17(18)21/h13-16H,5-12H2,1-4H3. The summed E-state index contributed by atoms with van der Waals surface area (Å²) in [7, 11) is 0. The lowest BCUT2D eigenvalue weighted by atomic mass is 9.43. The molecule has 22 heavy (non-hydrogen) atoms. The molecule has 2 nitrogen and oxygen atoms in total. The molecule has 0 radical (unpaired) electrons. The average Bonchev–Trinajstić information content (AvgIpc) is 2.59. The quantitative estimate of drug-likeness (QED) is 0.640. The molecule has 4 rings (SSSR count). The number of ether oxygens (including phenoxy) is 1. The molecular weight excluding hydrogens is 272 g/mol. The van der Waals surface area contributed by atoms with E-state index in [0.29, 0.717) is 5.92 Å². The van der Waals surface area contributed by atoms with Gasteiger partial charge in [0.05, 0.1) is 5.41 Å². The van der Waals surface area contributed by atoms with Crippen LogP contribution in [0.25, 0.3) is 0 Å². The molecule has 0 spiro atoms. The third-order valence-electron chi connectivity index (χ3n) is 8.55. The Morgan fingerprint density at radius 2 is 1.86 bits per heavy atom. The van der Waals surface area contributed by atoms with E-state index in [2.05, 4.69) is 27.7 Å². The predicted octanol–water partition coefficient (Wildman–Crippen LogP) is 4.96. The first-order chi connectivity index (χ1) is 10.3. The Morgan fingerprint density at radius 1 is 1.09 bits per heavy atom. The van der Waals surface area contributed by atoms with Gasteiger partial charge in [-0.05, 0) is 76.0 Å². The van der Waals surface area contributed by atoms with Crippen molar-refractivity contribution in [3.8, 4) is 0 Å². The highest BCUT2D eigenvalue weighted by molar-refractivity contribution is 5.81. The molecule has 1 saturated heterocycles. The van der Waals surface area contributed by atoms with E-state index in [9.17, 15) is 4.79 Å². The number of fused-ring (bicyclic) bond motifs is 1. The summed E-state index contributed by atoms with van der Waals surface area (Å²) in [5, 5.41) is 0. The van der Waals surface area contributed by atoms with E-state index in [-0.39, 0.29) is 22.4 Å². The van der Waals surface area contributed by atoms with Gasteiger partial charge in [0.25, 0.3) is 0 Å². The van der Waals surface area contributed by atoms with Crippen LogP contribution < -0.4 is 0 Å². The van der Waals surface area contributed by atoms with Gasteiger partial charge in [0.1, 0.15) is 5.60 Å². The van der Waals surface area contributed by atoms with E-state index in [4.69, 9.17) is 4.74 Å². The maximum absolute atomic E-state index is 12.7. The summed E-state index contributed by atoms with van der Waals surface area (Å²) in [6.07, 6.45) is 9.83. The van der Waals surface area contributed by atoms with Crippen LogP contribution in [-0.2, 0) is 9.53 Å². The number of rotatable bonds is 1. The van der Waals surface area contributed by atoms with Gasteiger partial charge in [-0.2, -0.15) is 0 Å². The highest BCUT2D eigenvalue weighted by Gasteiger charge is 2.73. The van der Waals surface area contributed by atoms with Crippen molar-refractivity contribution in [2.75, 3.05) is 0 Å². The first-order valence-corrected chi connectivity index (χ1v) is 9.57. The number of hydrogen-bond donors (Lipinski definition) is 0. The zero-order valence-corrected chi connectivity index (χ0v) is 14.8. The van der Waals surface area contributed by atoms with Gasteiger partial charge in [0.2, 0.25) is 0 Å². The van der Waals surface area contributed by atoms with Gasteiger partial charge in [0, 0.05) is 11.3 Å². The minimum absolute atomic E-state index is 0.123. The smallest absolute Gasteiger partial charge is 0.312 e. The minimum atomic E-state index is -0.179. The fourth-order valence-electron chi connectivity index (χ4n) is 6.98.